The maximum atomic E-state index is 4.56. The minimum atomic E-state index is 0.715. The molecule has 3 rings (SSSR count). The second-order valence-corrected chi connectivity index (χ2v) is 4.94. The SMILES string of the molecule is c1ccc(Cn2cnc(C3CCCC3)c2)cc1. The first-order chi connectivity index (χ1) is 8.42. The molecule has 1 aromatic heterocycles. The van der Waals surface area contributed by atoms with Gasteiger partial charge in [0.2, 0.25) is 0 Å². The minimum Gasteiger partial charge on any atom is -0.333 e. The van der Waals surface area contributed by atoms with Gasteiger partial charge in [0.1, 0.15) is 0 Å². The van der Waals surface area contributed by atoms with Gasteiger partial charge >= 0.3 is 0 Å². The maximum absolute atomic E-state index is 4.56. The van der Waals surface area contributed by atoms with E-state index in [-0.39, 0.29) is 0 Å². The highest BCUT2D eigenvalue weighted by Crippen LogP contribution is 2.32. The topological polar surface area (TPSA) is 17.8 Å². The molecule has 0 saturated heterocycles. The molecule has 1 heterocycles. The van der Waals surface area contributed by atoms with Crippen LogP contribution < -0.4 is 0 Å². The third-order valence-corrected chi connectivity index (χ3v) is 3.63. The number of rotatable bonds is 3. The van der Waals surface area contributed by atoms with E-state index in [1.165, 1.54) is 36.9 Å². The molecule has 1 aliphatic rings. The quantitative estimate of drug-likeness (QED) is 0.782. The van der Waals surface area contributed by atoms with E-state index >= 15 is 0 Å². The molecule has 0 unspecified atom stereocenters. The summed E-state index contributed by atoms with van der Waals surface area (Å²) in [5.41, 5.74) is 2.63. The molecule has 1 aliphatic carbocycles. The van der Waals surface area contributed by atoms with Crippen molar-refractivity contribution in [1.82, 2.24) is 9.55 Å². The van der Waals surface area contributed by atoms with Crippen LogP contribution in [0.25, 0.3) is 0 Å². The number of imidazole rings is 1. The Morgan fingerprint density at radius 2 is 1.88 bits per heavy atom. The molecule has 0 radical (unpaired) electrons. The lowest BCUT2D eigenvalue weighted by molar-refractivity contribution is 0.699. The molecule has 2 heteroatoms. The zero-order valence-electron chi connectivity index (χ0n) is 10.0. The van der Waals surface area contributed by atoms with Crippen molar-refractivity contribution in [3.63, 3.8) is 0 Å². The highest BCUT2D eigenvalue weighted by Gasteiger charge is 2.18. The first kappa shape index (κ1) is 10.6. The largest absolute Gasteiger partial charge is 0.333 e. The Balaban J connectivity index is 1.72. The Morgan fingerprint density at radius 1 is 1.12 bits per heavy atom. The van der Waals surface area contributed by atoms with Gasteiger partial charge in [0.25, 0.3) is 0 Å². The van der Waals surface area contributed by atoms with Crippen LogP contribution in [-0.2, 0) is 6.54 Å². The van der Waals surface area contributed by atoms with Gasteiger partial charge in [-0.05, 0) is 18.4 Å². The maximum Gasteiger partial charge on any atom is 0.0952 e. The Hall–Kier alpha value is -1.57. The van der Waals surface area contributed by atoms with Crippen LogP contribution in [0.1, 0.15) is 42.9 Å². The van der Waals surface area contributed by atoms with Crippen molar-refractivity contribution in [2.24, 2.45) is 0 Å². The fourth-order valence-corrected chi connectivity index (χ4v) is 2.69. The molecule has 0 spiro atoms. The molecule has 0 atom stereocenters. The molecule has 0 N–H and O–H groups in total. The molecule has 0 amide bonds. The summed E-state index contributed by atoms with van der Waals surface area (Å²) in [6.07, 6.45) is 9.58. The number of nitrogens with zero attached hydrogens (tertiary/aromatic N) is 2. The molecule has 2 aromatic rings. The number of hydrogen-bond acceptors (Lipinski definition) is 1. The average Bonchev–Trinajstić information content (AvgIpc) is 3.00. The summed E-state index contributed by atoms with van der Waals surface area (Å²) in [7, 11) is 0. The normalized spacial score (nSPS) is 16.5. The molecule has 0 bridgehead atoms. The van der Waals surface area contributed by atoms with Gasteiger partial charge in [-0.1, -0.05) is 43.2 Å². The zero-order valence-corrected chi connectivity index (χ0v) is 10.0. The molecule has 2 nitrogen and oxygen atoms in total. The zero-order chi connectivity index (χ0) is 11.5. The van der Waals surface area contributed by atoms with Gasteiger partial charge < -0.3 is 4.57 Å². The Morgan fingerprint density at radius 3 is 2.65 bits per heavy atom. The number of aromatic nitrogens is 2. The van der Waals surface area contributed by atoms with E-state index in [0.29, 0.717) is 5.92 Å². The lowest BCUT2D eigenvalue weighted by Gasteiger charge is -2.04. The van der Waals surface area contributed by atoms with Crippen LogP contribution >= 0.6 is 0 Å². The second-order valence-electron chi connectivity index (χ2n) is 4.94. The monoisotopic (exact) mass is 226 g/mol. The third-order valence-electron chi connectivity index (χ3n) is 3.63. The summed E-state index contributed by atoms with van der Waals surface area (Å²) in [6.45, 7) is 0.931. The van der Waals surface area contributed by atoms with Crippen LogP contribution in [0.5, 0.6) is 0 Å². The van der Waals surface area contributed by atoms with Crippen LogP contribution in [-0.4, -0.2) is 9.55 Å². The van der Waals surface area contributed by atoms with E-state index in [0.717, 1.165) is 6.54 Å². The van der Waals surface area contributed by atoms with Gasteiger partial charge in [0.15, 0.2) is 0 Å². The highest BCUT2D eigenvalue weighted by molar-refractivity contribution is 5.16. The van der Waals surface area contributed by atoms with E-state index in [1.54, 1.807) is 0 Å². The summed E-state index contributed by atoms with van der Waals surface area (Å²) in [6, 6.07) is 10.6. The van der Waals surface area contributed by atoms with Gasteiger partial charge in [0, 0.05) is 18.7 Å². The van der Waals surface area contributed by atoms with E-state index in [4.69, 9.17) is 0 Å². The van der Waals surface area contributed by atoms with Crippen LogP contribution in [0.2, 0.25) is 0 Å². The van der Waals surface area contributed by atoms with Crippen LogP contribution in [0.15, 0.2) is 42.9 Å². The summed E-state index contributed by atoms with van der Waals surface area (Å²) in [5.74, 6) is 0.715. The summed E-state index contributed by atoms with van der Waals surface area (Å²) in [4.78, 5) is 4.56. The molecule has 1 fully saturated rings. The number of benzene rings is 1. The first-order valence-electron chi connectivity index (χ1n) is 6.47. The molecule has 17 heavy (non-hydrogen) atoms. The van der Waals surface area contributed by atoms with Crippen LogP contribution in [0.4, 0.5) is 0 Å². The summed E-state index contributed by atoms with van der Waals surface area (Å²) < 4.78 is 2.20. The summed E-state index contributed by atoms with van der Waals surface area (Å²) >= 11 is 0. The van der Waals surface area contributed by atoms with Crippen molar-refractivity contribution in [3.8, 4) is 0 Å². The summed E-state index contributed by atoms with van der Waals surface area (Å²) in [5, 5.41) is 0. The van der Waals surface area contributed by atoms with Gasteiger partial charge in [-0.25, -0.2) is 4.98 Å². The predicted octanol–water partition coefficient (Wildman–Crippen LogP) is 3.59. The molecule has 1 saturated carbocycles. The van der Waals surface area contributed by atoms with Crippen molar-refractivity contribution in [2.75, 3.05) is 0 Å². The van der Waals surface area contributed by atoms with Gasteiger partial charge in [0.05, 0.1) is 12.0 Å². The molecule has 0 aliphatic heterocycles. The van der Waals surface area contributed by atoms with Crippen molar-refractivity contribution >= 4 is 0 Å². The lowest BCUT2D eigenvalue weighted by Crippen LogP contribution is -1.96. The van der Waals surface area contributed by atoms with Crippen molar-refractivity contribution in [1.29, 1.82) is 0 Å². The molecule has 88 valence electrons. The predicted molar refractivity (Wildman–Crippen MR) is 69.0 cm³/mol. The number of hydrogen-bond donors (Lipinski definition) is 0. The highest BCUT2D eigenvalue weighted by atomic mass is 15.0. The van der Waals surface area contributed by atoms with E-state index in [2.05, 4.69) is 46.1 Å². The van der Waals surface area contributed by atoms with Gasteiger partial charge in [-0.2, -0.15) is 0 Å². The fraction of sp³-hybridized carbons (Fsp3) is 0.400. The van der Waals surface area contributed by atoms with Crippen molar-refractivity contribution < 1.29 is 0 Å². The molecule has 1 aromatic carbocycles. The average molecular weight is 226 g/mol. The Bertz CT molecular complexity index is 467. The molecular weight excluding hydrogens is 208 g/mol. The van der Waals surface area contributed by atoms with E-state index in [1.807, 2.05) is 6.33 Å². The van der Waals surface area contributed by atoms with Gasteiger partial charge in [-0.15, -0.1) is 0 Å². The fourth-order valence-electron chi connectivity index (χ4n) is 2.69. The molecular formula is C15H18N2. The standard InChI is InChI=1S/C15H18N2/c1-2-6-13(7-3-1)10-17-11-15(16-12-17)14-8-4-5-9-14/h1-3,6-7,11-12,14H,4-5,8-10H2. The van der Waals surface area contributed by atoms with Gasteiger partial charge in [-0.3, -0.25) is 0 Å². The minimum absolute atomic E-state index is 0.715. The first-order valence-corrected chi connectivity index (χ1v) is 6.47. The second kappa shape index (κ2) is 4.74. The Kier molecular flexibility index (Phi) is 2.95. The Labute approximate surface area is 102 Å². The van der Waals surface area contributed by atoms with E-state index < -0.39 is 0 Å². The van der Waals surface area contributed by atoms with Crippen LogP contribution in [0.3, 0.4) is 0 Å². The van der Waals surface area contributed by atoms with Crippen LogP contribution in [0, 0.1) is 0 Å². The lowest BCUT2D eigenvalue weighted by atomic mass is 10.1. The van der Waals surface area contributed by atoms with Crippen molar-refractivity contribution in [3.05, 3.63) is 54.1 Å². The van der Waals surface area contributed by atoms with Crippen molar-refractivity contribution in [2.45, 2.75) is 38.1 Å². The third kappa shape index (κ3) is 2.41. The van der Waals surface area contributed by atoms with E-state index in [9.17, 15) is 0 Å². The smallest absolute Gasteiger partial charge is 0.0952 e.